The molecule has 0 fully saturated rings. The van der Waals surface area contributed by atoms with Gasteiger partial charge in [-0.2, -0.15) is 5.26 Å². The fourth-order valence-corrected chi connectivity index (χ4v) is 3.99. The minimum Gasteiger partial charge on any atom is -0.399 e. The average Bonchev–Trinajstić information content (AvgIpc) is 3.06. The average molecular weight is 601 g/mol. The number of hydrogen-bond acceptors (Lipinski definition) is 8. The van der Waals surface area contributed by atoms with Crippen LogP contribution in [-0.2, 0) is 0 Å². The Hall–Kier alpha value is -6.07. The second-order valence-corrected chi connectivity index (χ2v) is 10.1. The first-order chi connectivity index (χ1) is 21.5. The summed E-state index contributed by atoms with van der Waals surface area (Å²) in [6.45, 7) is 11.9. The molecule has 0 spiro atoms. The molecule has 232 valence electrons. The lowest BCUT2D eigenvalue weighted by Gasteiger charge is -2.17. The van der Waals surface area contributed by atoms with Crippen LogP contribution in [0.3, 0.4) is 0 Å². The summed E-state index contributed by atoms with van der Waals surface area (Å²) >= 11 is 0. The summed E-state index contributed by atoms with van der Waals surface area (Å²) in [6, 6.07) is 31.7. The summed E-state index contributed by atoms with van der Waals surface area (Å²) in [5, 5.41) is 13.8. The van der Waals surface area contributed by atoms with Crippen LogP contribution in [-0.4, -0.2) is 6.04 Å². The molecule has 0 aliphatic rings. The van der Waals surface area contributed by atoms with Crippen LogP contribution in [0.2, 0.25) is 0 Å². The van der Waals surface area contributed by atoms with E-state index in [4.69, 9.17) is 39.7 Å². The number of nitriles is 1. The zero-order valence-corrected chi connectivity index (χ0v) is 26.0. The number of nitrogens with two attached hydrogens (primary N) is 6. The molecule has 0 saturated heterocycles. The van der Waals surface area contributed by atoms with Gasteiger partial charge in [-0.05, 0) is 86.1 Å². The molecule has 45 heavy (non-hydrogen) atoms. The molecule has 0 amide bonds. The summed E-state index contributed by atoms with van der Waals surface area (Å²) in [6.07, 6.45) is 4.66. The molecule has 1 atom stereocenters. The summed E-state index contributed by atoms with van der Waals surface area (Å²) in [7, 11) is 0. The largest absolute Gasteiger partial charge is 0.399 e. The zero-order valence-electron chi connectivity index (χ0n) is 26.0. The van der Waals surface area contributed by atoms with Crippen LogP contribution in [0.5, 0.6) is 0 Å². The van der Waals surface area contributed by atoms with Crippen molar-refractivity contribution >= 4 is 62.7 Å². The molecule has 0 aromatic heterocycles. The second-order valence-electron chi connectivity index (χ2n) is 10.1. The Balaban J connectivity index is 0.000000216. The monoisotopic (exact) mass is 600 g/mol. The minimum absolute atomic E-state index is 0.431. The SMILES string of the molecule is C=Cc1c(N)ccc(NC(C)CC)c1C=C.N#Cc1ccc(N)cc1.Nc1ccc(N)c2ccccc12.Nc1ccc(N)cc1. The van der Waals surface area contributed by atoms with Gasteiger partial charge in [0.05, 0.1) is 11.6 Å². The number of rotatable bonds is 5. The fraction of sp³-hybridized carbons (Fsp3) is 0.108. The molecule has 8 nitrogen and oxygen atoms in total. The number of fused-ring (bicyclic) bond motifs is 1. The number of nitrogen functional groups attached to an aromatic ring is 6. The van der Waals surface area contributed by atoms with Gasteiger partial charge in [-0.3, -0.25) is 0 Å². The molecule has 1 unspecified atom stereocenters. The van der Waals surface area contributed by atoms with Gasteiger partial charge in [-0.15, -0.1) is 0 Å². The van der Waals surface area contributed by atoms with Crippen LogP contribution in [0.15, 0.2) is 110 Å². The predicted octanol–water partition coefficient (Wildman–Crippen LogP) is 7.76. The van der Waals surface area contributed by atoms with Crippen molar-refractivity contribution in [3.05, 3.63) is 127 Å². The Labute approximate surface area is 266 Å². The molecule has 0 aliphatic carbocycles. The number of nitrogens with zero attached hydrogens (tertiary/aromatic N) is 1. The third-order valence-corrected chi connectivity index (χ3v) is 6.71. The molecule has 0 aliphatic heterocycles. The van der Waals surface area contributed by atoms with Gasteiger partial charge in [0.25, 0.3) is 0 Å². The van der Waals surface area contributed by atoms with E-state index in [1.54, 1.807) is 54.6 Å². The quantitative estimate of drug-likeness (QED) is 0.0994. The van der Waals surface area contributed by atoms with Crippen molar-refractivity contribution < 1.29 is 0 Å². The molecule has 8 heteroatoms. The minimum atomic E-state index is 0.431. The lowest BCUT2D eigenvalue weighted by Crippen LogP contribution is -2.14. The van der Waals surface area contributed by atoms with E-state index in [0.717, 1.165) is 62.4 Å². The van der Waals surface area contributed by atoms with Gasteiger partial charge in [0.15, 0.2) is 0 Å². The maximum Gasteiger partial charge on any atom is 0.0991 e. The van der Waals surface area contributed by atoms with Crippen molar-refractivity contribution in [2.75, 3.05) is 39.7 Å². The maximum atomic E-state index is 8.34. The Morgan fingerprint density at radius 2 is 1.07 bits per heavy atom. The summed E-state index contributed by atoms with van der Waals surface area (Å²) in [5.74, 6) is 0. The number of anilines is 7. The van der Waals surface area contributed by atoms with Gasteiger partial charge in [-0.1, -0.05) is 56.5 Å². The van der Waals surface area contributed by atoms with Crippen LogP contribution in [0.1, 0.15) is 37.0 Å². The Bertz CT molecular complexity index is 1660. The van der Waals surface area contributed by atoms with E-state index in [1.165, 1.54) is 0 Å². The van der Waals surface area contributed by atoms with Gasteiger partial charge in [-0.25, -0.2) is 0 Å². The number of benzene rings is 5. The van der Waals surface area contributed by atoms with Crippen molar-refractivity contribution in [1.82, 2.24) is 0 Å². The first-order valence-electron chi connectivity index (χ1n) is 14.4. The Kier molecular flexibility index (Phi) is 13.9. The number of hydrogen-bond donors (Lipinski definition) is 7. The highest BCUT2D eigenvalue weighted by Gasteiger charge is 2.08. The molecule has 0 heterocycles. The van der Waals surface area contributed by atoms with E-state index in [-0.39, 0.29) is 0 Å². The molecule has 5 aromatic carbocycles. The Morgan fingerprint density at radius 3 is 1.47 bits per heavy atom. The smallest absolute Gasteiger partial charge is 0.0991 e. The highest BCUT2D eigenvalue weighted by molar-refractivity contribution is 6.00. The Morgan fingerprint density at radius 1 is 0.644 bits per heavy atom. The highest BCUT2D eigenvalue weighted by Crippen LogP contribution is 2.28. The topological polar surface area (TPSA) is 192 Å². The lowest BCUT2D eigenvalue weighted by molar-refractivity contribution is 0.764. The van der Waals surface area contributed by atoms with E-state index < -0.39 is 0 Å². The van der Waals surface area contributed by atoms with Crippen LogP contribution in [0, 0.1) is 11.3 Å². The molecule has 0 bridgehead atoms. The second kappa shape index (κ2) is 17.8. The first kappa shape index (κ1) is 35.1. The molecule has 5 rings (SSSR count). The summed E-state index contributed by atoms with van der Waals surface area (Å²) in [5.41, 5.74) is 41.7. The molecule has 5 aromatic rings. The van der Waals surface area contributed by atoms with E-state index >= 15 is 0 Å². The third-order valence-electron chi connectivity index (χ3n) is 6.71. The highest BCUT2D eigenvalue weighted by atomic mass is 14.9. The van der Waals surface area contributed by atoms with Crippen LogP contribution >= 0.6 is 0 Å². The van der Waals surface area contributed by atoms with Crippen molar-refractivity contribution in [2.24, 2.45) is 0 Å². The molecular weight excluding hydrogens is 556 g/mol. The lowest BCUT2D eigenvalue weighted by atomic mass is 10.0. The van der Waals surface area contributed by atoms with E-state index in [0.29, 0.717) is 17.3 Å². The van der Waals surface area contributed by atoms with E-state index in [2.05, 4.69) is 32.3 Å². The van der Waals surface area contributed by atoms with Crippen molar-refractivity contribution in [2.45, 2.75) is 26.3 Å². The number of nitrogens with one attached hydrogen (secondary N) is 1. The molecule has 0 radical (unpaired) electrons. The van der Waals surface area contributed by atoms with Gasteiger partial charge in [0, 0.05) is 67.8 Å². The van der Waals surface area contributed by atoms with Crippen molar-refractivity contribution in [3.8, 4) is 6.07 Å². The first-order valence-corrected chi connectivity index (χ1v) is 14.4. The molecular formula is C37H44N8. The van der Waals surface area contributed by atoms with Gasteiger partial charge in [0.1, 0.15) is 0 Å². The van der Waals surface area contributed by atoms with Crippen LogP contribution < -0.4 is 39.7 Å². The fourth-order valence-electron chi connectivity index (χ4n) is 3.99. The maximum absolute atomic E-state index is 8.34. The van der Waals surface area contributed by atoms with Crippen molar-refractivity contribution in [1.29, 1.82) is 5.26 Å². The van der Waals surface area contributed by atoms with Gasteiger partial charge in [0.2, 0.25) is 0 Å². The normalized spacial score (nSPS) is 10.2. The van der Waals surface area contributed by atoms with E-state index in [1.807, 2.05) is 60.7 Å². The third kappa shape index (κ3) is 10.9. The summed E-state index contributed by atoms with van der Waals surface area (Å²) in [4.78, 5) is 0. The zero-order chi connectivity index (χ0) is 33.4. The van der Waals surface area contributed by atoms with Crippen molar-refractivity contribution in [3.63, 3.8) is 0 Å². The molecule has 0 saturated carbocycles. The van der Waals surface area contributed by atoms with Crippen LogP contribution in [0.25, 0.3) is 22.9 Å². The standard InChI is InChI=1S/C14H20N2.C10H10N2.C7H6N2.C6H8N2/c1-5-10(4)16-14-9-8-13(15)11(6-2)12(14)7-3;11-9-5-6-10(12)8-4-2-1-3-7(8)9;8-5-6-1-3-7(9)4-2-6;7-5-1-2-6(8)4-3-5/h6-10,16H,2-3,5,15H2,1,4H3;1-6H,11-12H2;1-4H,9H2;1-4H,7-8H2. The van der Waals surface area contributed by atoms with Crippen LogP contribution in [0.4, 0.5) is 39.8 Å². The van der Waals surface area contributed by atoms with E-state index in [9.17, 15) is 0 Å². The predicted molar refractivity (Wildman–Crippen MR) is 198 cm³/mol. The van der Waals surface area contributed by atoms with Gasteiger partial charge < -0.3 is 39.7 Å². The molecule has 13 N–H and O–H groups in total. The summed E-state index contributed by atoms with van der Waals surface area (Å²) < 4.78 is 0. The van der Waals surface area contributed by atoms with Gasteiger partial charge >= 0.3 is 0 Å².